The zero-order chi connectivity index (χ0) is 16.2. The summed E-state index contributed by atoms with van der Waals surface area (Å²) in [6, 6.07) is 12.9. The van der Waals surface area contributed by atoms with Gasteiger partial charge in [0.2, 0.25) is 5.88 Å². The van der Waals surface area contributed by atoms with E-state index in [1.165, 1.54) is 22.5 Å². The van der Waals surface area contributed by atoms with Gasteiger partial charge in [0.25, 0.3) is 0 Å². The molecule has 0 aliphatic heterocycles. The second-order valence-electron chi connectivity index (χ2n) is 5.18. The van der Waals surface area contributed by atoms with E-state index in [2.05, 4.69) is 10.1 Å². The molecule has 0 saturated carbocycles. The summed E-state index contributed by atoms with van der Waals surface area (Å²) < 4.78 is 7.31. The summed E-state index contributed by atoms with van der Waals surface area (Å²) in [6.45, 7) is 2.45. The Hall–Kier alpha value is -2.70. The second-order valence-corrected chi connectivity index (χ2v) is 5.18. The van der Waals surface area contributed by atoms with Gasteiger partial charge in [-0.2, -0.15) is 9.78 Å². The Morgan fingerprint density at radius 3 is 2.61 bits per heavy atom. The summed E-state index contributed by atoms with van der Waals surface area (Å²) in [6.07, 6.45) is 1.55. The average Bonchev–Trinajstić information content (AvgIpc) is 3.03. The van der Waals surface area contributed by atoms with Crippen LogP contribution in [0, 0.1) is 6.92 Å². The monoisotopic (exact) mass is 311 g/mol. The lowest BCUT2D eigenvalue weighted by molar-refractivity contribution is -0.0425. The van der Waals surface area contributed by atoms with Gasteiger partial charge in [-0.05, 0) is 24.6 Å². The molecule has 1 aromatic carbocycles. The van der Waals surface area contributed by atoms with Crippen molar-refractivity contribution in [3.05, 3.63) is 71.5 Å². The maximum atomic E-state index is 9.26. The number of rotatable bonds is 5. The van der Waals surface area contributed by atoms with E-state index < -0.39 is 6.29 Å². The van der Waals surface area contributed by atoms with E-state index in [0.29, 0.717) is 23.9 Å². The number of aromatic nitrogens is 3. The van der Waals surface area contributed by atoms with Crippen LogP contribution in [0.15, 0.2) is 54.9 Å². The van der Waals surface area contributed by atoms with E-state index in [1.54, 1.807) is 18.3 Å². The third-order valence-corrected chi connectivity index (χ3v) is 3.40. The van der Waals surface area contributed by atoms with E-state index >= 15 is 0 Å². The minimum atomic E-state index is -1.55. The Kier molecular flexibility index (Phi) is 4.36. The summed E-state index contributed by atoms with van der Waals surface area (Å²) in [5, 5.41) is 22.7. The Balaban J connectivity index is 1.79. The lowest BCUT2D eigenvalue weighted by atomic mass is 10.2. The van der Waals surface area contributed by atoms with Crippen LogP contribution < -0.4 is 4.74 Å². The van der Waals surface area contributed by atoms with Gasteiger partial charge in [0.1, 0.15) is 6.61 Å². The SMILES string of the molecule is Cc1ccc(COc2ccnn2-c2cc(C(O)O)ccn2)cc1. The first-order chi connectivity index (χ1) is 11.1. The number of aryl methyl sites for hydroxylation is 1. The third kappa shape index (κ3) is 3.56. The Labute approximate surface area is 133 Å². The van der Waals surface area contributed by atoms with Crippen LogP contribution in [0.3, 0.4) is 0 Å². The zero-order valence-electron chi connectivity index (χ0n) is 12.6. The molecular formula is C17H17N3O3. The molecule has 6 heteroatoms. The Morgan fingerprint density at radius 2 is 1.87 bits per heavy atom. The first kappa shape index (κ1) is 15.2. The number of hydrogen-bond acceptors (Lipinski definition) is 5. The van der Waals surface area contributed by atoms with Crippen LogP contribution in [0.5, 0.6) is 5.88 Å². The van der Waals surface area contributed by atoms with Crippen LogP contribution in [0.1, 0.15) is 23.0 Å². The molecule has 0 amide bonds. The number of ether oxygens (including phenoxy) is 1. The molecule has 2 heterocycles. The van der Waals surface area contributed by atoms with Gasteiger partial charge in [0.05, 0.1) is 6.20 Å². The highest BCUT2D eigenvalue weighted by Gasteiger charge is 2.10. The van der Waals surface area contributed by atoms with Gasteiger partial charge in [0.15, 0.2) is 12.1 Å². The van der Waals surface area contributed by atoms with Crippen LogP contribution in [-0.2, 0) is 6.61 Å². The Morgan fingerprint density at radius 1 is 1.09 bits per heavy atom. The number of nitrogens with zero attached hydrogens (tertiary/aromatic N) is 3. The molecule has 0 aliphatic carbocycles. The lowest BCUT2D eigenvalue weighted by Gasteiger charge is -2.10. The molecule has 0 aliphatic rings. The van der Waals surface area contributed by atoms with Gasteiger partial charge in [-0.15, -0.1) is 0 Å². The van der Waals surface area contributed by atoms with Crippen LogP contribution >= 0.6 is 0 Å². The van der Waals surface area contributed by atoms with Crippen LogP contribution in [0.4, 0.5) is 0 Å². The molecule has 3 aromatic rings. The van der Waals surface area contributed by atoms with E-state index in [-0.39, 0.29) is 0 Å². The molecular weight excluding hydrogens is 294 g/mol. The van der Waals surface area contributed by atoms with E-state index in [9.17, 15) is 10.2 Å². The first-order valence-electron chi connectivity index (χ1n) is 7.18. The van der Waals surface area contributed by atoms with Crippen molar-refractivity contribution in [2.24, 2.45) is 0 Å². The molecule has 0 atom stereocenters. The molecule has 0 unspecified atom stereocenters. The normalized spacial score (nSPS) is 11.0. The topological polar surface area (TPSA) is 80.4 Å². The van der Waals surface area contributed by atoms with Crippen molar-refractivity contribution in [3.63, 3.8) is 0 Å². The van der Waals surface area contributed by atoms with Crippen molar-refractivity contribution in [2.45, 2.75) is 19.8 Å². The van der Waals surface area contributed by atoms with E-state index in [0.717, 1.165) is 5.56 Å². The summed E-state index contributed by atoms with van der Waals surface area (Å²) in [5.41, 5.74) is 2.59. The zero-order valence-corrected chi connectivity index (χ0v) is 12.6. The van der Waals surface area contributed by atoms with Crippen molar-refractivity contribution in [1.82, 2.24) is 14.8 Å². The molecule has 3 rings (SSSR count). The second kappa shape index (κ2) is 6.60. The van der Waals surface area contributed by atoms with E-state index in [1.807, 2.05) is 31.2 Å². The predicted octanol–water partition coefficient (Wildman–Crippen LogP) is 2.14. The molecule has 2 N–H and O–H groups in total. The van der Waals surface area contributed by atoms with E-state index in [4.69, 9.17) is 4.74 Å². The van der Waals surface area contributed by atoms with Crippen molar-refractivity contribution >= 4 is 0 Å². The Bertz CT molecular complexity index is 782. The van der Waals surface area contributed by atoms with Crippen LogP contribution in [0.2, 0.25) is 0 Å². The highest BCUT2D eigenvalue weighted by Crippen LogP contribution is 2.19. The number of pyridine rings is 1. The van der Waals surface area contributed by atoms with Gasteiger partial charge in [-0.1, -0.05) is 29.8 Å². The smallest absolute Gasteiger partial charge is 0.218 e. The van der Waals surface area contributed by atoms with Gasteiger partial charge in [-0.25, -0.2) is 4.98 Å². The molecule has 118 valence electrons. The van der Waals surface area contributed by atoms with Crippen molar-refractivity contribution in [3.8, 4) is 11.7 Å². The minimum Gasteiger partial charge on any atom is -0.473 e. The molecule has 23 heavy (non-hydrogen) atoms. The van der Waals surface area contributed by atoms with Gasteiger partial charge in [0, 0.05) is 17.8 Å². The fourth-order valence-corrected chi connectivity index (χ4v) is 2.12. The largest absolute Gasteiger partial charge is 0.473 e. The van der Waals surface area contributed by atoms with Gasteiger partial charge >= 0.3 is 0 Å². The fourth-order valence-electron chi connectivity index (χ4n) is 2.12. The number of hydrogen-bond donors (Lipinski definition) is 2. The maximum Gasteiger partial charge on any atom is 0.218 e. The fraction of sp³-hybridized carbons (Fsp3) is 0.176. The van der Waals surface area contributed by atoms with Crippen LogP contribution in [0.25, 0.3) is 5.82 Å². The molecule has 0 bridgehead atoms. The van der Waals surface area contributed by atoms with Crippen LogP contribution in [-0.4, -0.2) is 25.0 Å². The lowest BCUT2D eigenvalue weighted by Crippen LogP contribution is -2.06. The molecule has 0 fully saturated rings. The van der Waals surface area contributed by atoms with Crippen molar-refractivity contribution in [2.75, 3.05) is 0 Å². The highest BCUT2D eigenvalue weighted by atomic mass is 16.5. The summed E-state index contributed by atoms with van der Waals surface area (Å²) >= 11 is 0. The predicted molar refractivity (Wildman–Crippen MR) is 84.0 cm³/mol. The standard InChI is InChI=1S/C17H17N3O3/c1-12-2-4-13(5-3-12)11-23-16-7-9-19-20(16)15-10-14(17(21)22)6-8-18-15/h2-10,17,21-22H,11H2,1H3. The van der Waals surface area contributed by atoms with Crippen molar-refractivity contribution < 1.29 is 14.9 Å². The summed E-state index contributed by atoms with van der Waals surface area (Å²) in [4.78, 5) is 4.19. The molecule has 0 spiro atoms. The van der Waals surface area contributed by atoms with Gasteiger partial charge in [-0.3, -0.25) is 0 Å². The summed E-state index contributed by atoms with van der Waals surface area (Å²) in [5.74, 6) is 0.988. The number of aliphatic hydroxyl groups excluding tert-OH is 1. The van der Waals surface area contributed by atoms with Gasteiger partial charge < -0.3 is 14.9 Å². The molecule has 0 radical (unpaired) electrons. The summed E-state index contributed by atoms with van der Waals surface area (Å²) in [7, 11) is 0. The number of aliphatic hydroxyl groups is 2. The minimum absolute atomic E-state index is 0.343. The quantitative estimate of drug-likeness (QED) is 0.706. The molecule has 6 nitrogen and oxygen atoms in total. The first-order valence-corrected chi connectivity index (χ1v) is 7.18. The van der Waals surface area contributed by atoms with Crippen molar-refractivity contribution in [1.29, 1.82) is 0 Å². The molecule has 2 aromatic heterocycles. The number of benzene rings is 1. The molecule has 0 saturated heterocycles. The third-order valence-electron chi connectivity index (χ3n) is 3.40. The highest BCUT2D eigenvalue weighted by molar-refractivity contribution is 5.31. The maximum absolute atomic E-state index is 9.26. The average molecular weight is 311 g/mol.